The van der Waals surface area contributed by atoms with Gasteiger partial charge in [0.1, 0.15) is 6.33 Å². The van der Waals surface area contributed by atoms with Crippen molar-refractivity contribution in [1.29, 1.82) is 0 Å². The van der Waals surface area contributed by atoms with Crippen LogP contribution >= 0.6 is 11.3 Å². The van der Waals surface area contributed by atoms with E-state index in [0.29, 0.717) is 18.3 Å². The van der Waals surface area contributed by atoms with Crippen LogP contribution in [0.15, 0.2) is 11.7 Å². The van der Waals surface area contributed by atoms with Gasteiger partial charge < -0.3 is 10.1 Å². The molecule has 2 aliphatic carbocycles. The van der Waals surface area contributed by atoms with Crippen molar-refractivity contribution in [2.45, 2.75) is 51.2 Å². The maximum Gasteiger partial charge on any atom is 0.226 e. The second-order valence-corrected chi connectivity index (χ2v) is 7.40. The van der Waals surface area contributed by atoms with Gasteiger partial charge in [0.15, 0.2) is 10.8 Å². The van der Waals surface area contributed by atoms with Crippen LogP contribution in [-0.2, 0) is 16.0 Å². The van der Waals surface area contributed by atoms with Gasteiger partial charge in [0, 0.05) is 23.4 Å². The Morgan fingerprint density at radius 3 is 3.08 bits per heavy atom. The number of aromatic amines is 1. The fourth-order valence-electron chi connectivity index (χ4n) is 3.86. The van der Waals surface area contributed by atoms with Gasteiger partial charge in [-0.2, -0.15) is 5.10 Å². The summed E-state index contributed by atoms with van der Waals surface area (Å²) in [6, 6.07) is 0.252. The van der Waals surface area contributed by atoms with Gasteiger partial charge in [-0.15, -0.1) is 11.3 Å². The molecule has 2 heterocycles. The van der Waals surface area contributed by atoms with Gasteiger partial charge in [-0.1, -0.05) is 6.42 Å². The smallest absolute Gasteiger partial charge is 0.226 e. The number of rotatable bonds is 6. The van der Waals surface area contributed by atoms with Crippen LogP contribution < -0.4 is 5.32 Å². The van der Waals surface area contributed by atoms with Gasteiger partial charge in [0.05, 0.1) is 18.2 Å². The number of hydrogen-bond acceptors (Lipinski definition) is 6. The Balaban J connectivity index is 1.34. The van der Waals surface area contributed by atoms with E-state index in [2.05, 4.69) is 25.5 Å². The Hall–Kier alpha value is -1.80. The molecule has 2 N–H and O–H groups in total. The summed E-state index contributed by atoms with van der Waals surface area (Å²) < 4.78 is 5.83. The van der Waals surface area contributed by atoms with E-state index in [0.717, 1.165) is 36.6 Å². The van der Waals surface area contributed by atoms with Crippen LogP contribution in [-0.4, -0.2) is 44.8 Å². The molecular formula is C16H21N5O2S. The van der Waals surface area contributed by atoms with Crippen molar-refractivity contribution in [3.63, 3.8) is 0 Å². The molecule has 0 aliphatic heterocycles. The van der Waals surface area contributed by atoms with Crippen molar-refractivity contribution in [1.82, 2.24) is 25.5 Å². The van der Waals surface area contributed by atoms with Gasteiger partial charge in [-0.3, -0.25) is 9.89 Å². The van der Waals surface area contributed by atoms with Crippen LogP contribution in [0, 0.1) is 5.41 Å². The molecule has 24 heavy (non-hydrogen) atoms. The lowest BCUT2D eigenvalue weighted by Gasteiger charge is -2.61. The van der Waals surface area contributed by atoms with Crippen LogP contribution in [0.1, 0.15) is 38.3 Å². The number of ether oxygens (including phenoxy) is 1. The van der Waals surface area contributed by atoms with Crippen LogP contribution in [0.3, 0.4) is 0 Å². The minimum Gasteiger partial charge on any atom is -0.378 e. The maximum absolute atomic E-state index is 12.4. The highest BCUT2D eigenvalue weighted by Gasteiger charge is 2.59. The normalized spacial score (nSPS) is 24.4. The number of hydrogen-bond donors (Lipinski definition) is 2. The zero-order chi connectivity index (χ0) is 16.6. The van der Waals surface area contributed by atoms with Gasteiger partial charge in [0.2, 0.25) is 5.91 Å². The number of carbonyl (C=O) groups is 1. The molecule has 0 bridgehead atoms. The summed E-state index contributed by atoms with van der Waals surface area (Å²) in [7, 11) is 0. The number of thiazole rings is 1. The average Bonchev–Trinajstić information content (AvgIpc) is 3.14. The number of H-pyrrole nitrogens is 1. The Kier molecular flexibility index (Phi) is 4.09. The summed E-state index contributed by atoms with van der Waals surface area (Å²) in [5, 5.41) is 12.5. The summed E-state index contributed by atoms with van der Waals surface area (Å²) >= 11 is 1.47. The second kappa shape index (κ2) is 6.25. The zero-order valence-corrected chi connectivity index (χ0v) is 14.4. The van der Waals surface area contributed by atoms with Gasteiger partial charge in [-0.25, -0.2) is 9.97 Å². The molecule has 2 saturated carbocycles. The average molecular weight is 347 g/mol. The van der Waals surface area contributed by atoms with Crippen LogP contribution in [0.5, 0.6) is 0 Å². The van der Waals surface area contributed by atoms with E-state index in [1.54, 1.807) is 0 Å². The first kappa shape index (κ1) is 15.7. The van der Waals surface area contributed by atoms with Crippen molar-refractivity contribution >= 4 is 17.2 Å². The largest absolute Gasteiger partial charge is 0.378 e. The molecule has 128 valence electrons. The number of aromatic nitrogens is 4. The minimum absolute atomic E-state index is 0.0376. The fraction of sp³-hybridized carbons (Fsp3) is 0.625. The van der Waals surface area contributed by atoms with Gasteiger partial charge >= 0.3 is 0 Å². The van der Waals surface area contributed by atoms with Gasteiger partial charge in [0.25, 0.3) is 0 Å². The number of amides is 1. The molecule has 0 radical (unpaired) electrons. The molecule has 2 fully saturated rings. The Morgan fingerprint density at radius 1 is 1.54 bits per heavy atom. The van der Waals surface area contributed by atoms with E-state index in [1.165, 1.54) is 24.1 Å². The number of nitrogens with one attached hydrogen (secondary N) is 2. The molecule has 4 rings (SSSR count). The summed E-state index contributed by atoms with van der Waals surface area (Å²) in [5.41, 5.74) is 0.964. The molecule has 0 saturated heterocycles. The molecule has 1 amide bonds. The SMILES string of the molecule is CCO[C@H]1C[C@H](NC(=O)Cc2csc(-c3ncn[nH]3)n2)C12CCC2. The molecular weight excluding hydrogens is 326 g/mol. The Bertz CT molecular complexity index is 710. The van der Waals surface area contributed by atoms with Crippen LogP contribution in [0.4, 0.5) is 0 Å². The predicted molar refractivity (Wildman–Crippen MR) is 89.4 cm³/mol. The fourth-order valence-corrected chi connectivity index (χ4v) is 4.62. The lowest BCUT2D eigenvalue weighted by molar-refractivity contribution is -0.175. The standard InChI is InChI=1S/C16H21N5O2S/c1-2-23-12-7-11(16(12)4-3-5-16)20-13(22)6-10-8-24-15(19-10)14-17-9-18-21-14/h8-9,11-12H,2-7H2,1H3,(H,20,22)(H,17,18,21)/t11-,12-/m0/s1. The third-order valence-electron chi connectivity index (χ3n) is 5.28. The zero-order valence-electron chi connectivity index (χ0n) is 13.6. The maximum atomic E-state index is 12.4. The topological polar surface area (TPSA) is 92.8 Å². The quantitative estimate of drug-likeness (QED) is 0.833. The van der Waals surface area contributed by atoms with Gasteiger partial charge in [-0.05, 0) is 26.2 Å². The van der Waals surface area contributed by atoms with Crippen LogP contribution in [0.25, 0.3) is 10.8 Å². The van der Waals surface area contributed by atoms with Crippen molar-refractivity contribution in [3.05, 3.63) is 17.4 Å². The summed E-state index contributed by atoms with van der Waals surface area (Å²) in [4.78, 5) is 20.9. The van der Waals surface area contributed by atoms with E-state index in [1.807, 2.05) is 12.3 Å². The second-order valence-electron chi connectivity index (χ2n) is 6.54. The first-order valence-electron chi connectivity index (χ1n) is 8.42. The molecule has 2 aliphatic rings. The van der Waals surface area contributed by atoms with E-state index in [-0.39, 0.29) is 17.4 Å². The molecule has 0 unspecified atom stereocenters. The summed E-state index contributed by atoms with van der Waals surface area (Å²) in [6.07, 6.45) is 6.56. The molecule has 7 nitrogen and oxygen atoms in total. The molecule has 2 aromatic rings. The molecule has 0 aromatic carbocycles. The molecule has 2 atom stereocenters. The Morgan fingerprint density at radius 2 is 2.42 bits per heavy atom. The molecule has 2 aromatic heterocycles. The van der Waals surface area contributed by atoms with E-state index in [9.17, 15) is 4.79 Å². The first-order valence-corrected chi connectivity index (χ1v) is 9.30. The Labute approximate surface area is 144 Å². The van der Waals surface area contributed by atoms with Crippen molar-refractivity contribution in [2.75, 3.05) is 6.61 Å². The highest BCUT2D eigenvalue weighted by molar-refractivity contribution is 7.13. The van der Waals surface area contributed by atoms with Crippen molar-refractivity contribution in [2.24, 2.45) is 5.41 Å². The third kappa shape index (κ3) is 2.63. The summed E-state index contributed by atoms with van der Waals surface area (Å²) in [6.45, 7) is 2.78. The van der Waals surface area contributed by atoms with Crippen molar-refractivity contribution in [3.8, 4) is 10.8 Å². The third-order valence-corrected chi connectivity index (χ3v) is 6.18. The molecule has 1 spiro atoms. The monoisotopic (exact) mass is 347 g/mol. The number of carbonyl (C=O) groups excluding carboxylic acids is 1. The van der Waals surface area contributed by atoms with Crippen molar-refractivity contribution < 1.29 is 9.53 Å². The summed E-state index contributed by atoms with van der Waals surface area (Å²) in [5.74, 6) is 0.675. The van der Waals surface area contributed by atoms with E-state index >= 15 is 0 Å². The highest BCUT2D eigenvalue weighted by Crippen LogP contribution is 2.57. The van der Waals surface area contributed by atoms with E-state index < -0.39 is 0 Å². The predicted octanol–water partition coefficient (Wildman–Crippen LogP) is 1.93. The lowest BCUT2D eigenvalue weighted by atomic mass is 9.51. The molecule has 8 heteroatoms. The highest BCUT2D eigenvalue weighted by atomic mass is 32.1. The first-order chi connectivity index (χ1) is 11.7. The van der Waals surface area contributed by atoms with Crippen LogP contribution in [0.2, 0.25) is 0 Å². The number of nitrogens with zero attached hydrogens (tertiary/aromatic N) is 3. The van der Waals surface area contributed by atoms with E-state index in [4.69, 9.17) is 4.74 Å². The lowest BCUT2D eigenvalue weighted by Crippen LogP contribution is -2.67. The minimum atomic E-state index is 0.0376.